The van der Waals surface area contributed by atoms with Crippen LogP contribution in [0.15, 0.2) is 0 Å². The van der Waals surface area contributed by atoms with Crippen LogP contribution < -0.4 is 0 Å². The molecule has 1 atom stereocenters. The van der Waals surface area contributed by atoms with E-state index in [4.69, 9.17) is 0 Å². The van der Waals surface area contributed by atoms with Crippen LogP contribution >= 0.6 is 15.9 Å². The first-order valence-electron chi connectivity index (χ1n) is 5.94. The Bertz CT molecular complexity index is 214. The second-order valence-corrected chi connectivity index (χ2v) is 5.63. The van der Waals surface area contributed by atoms with Crippen molar-refractivity contribution in [3.05, 3.63) is 0 Å². The van der Waals surface area contributed by atoms with Gasteiger partial charge in [-0.1, -0.05) is 36.7 Å². The fourth-order valence-electron chi connectivity index (χ4n) is 1.81. The van der Waals surface area contributed by atoms with Crippen molar-refractivity contribution < 1.29 is 4.79 Å². The molecule has 1 saturated carbocycles. The average molecular weight is 276 g/mol. The molecule has 0 N–H and O–H groups in total. The lowest BCUT2D eigenvalue weighted by molar-refractivity contribution is -0.140. The molecule has 15 heavy (non-hydrogen) atoms. The average Bonchev–Trinajstić information content (AvgIpc) is 2.12. The smallest absolute Gasteiger partial charge is 0.225 e. The molecule has 1 amide bonds. The summed E-state index contributed by atoms with van der Waals surface area (Å²) >= 11 is 3.43. The van der Waals surface area contributed by atoms with Crippen LogP contribution in [-0.2, 0) is 4.79 Å². The number of alkyl halides is 1. The first kappa shape index (κ1) is 13.0. The number of rotatable bonds is 5. The highest BCUT2D eigenvalue weighted by molar-refractivity contribution is 9.09. The summed E-state index contributed by atoms with van der Waals surface area (Å²) in [5.74, 6) is 0.939. The number of carbonyl (C=O) groups excluding carboxylic acids is 1. The Hall–Kier alpha value is -0.0500. The van der Waals surface area contributed by atoms with Crippen LogP contribution in [0.5, 0.6) is 0 Å². The van der Waals surface area contributed by atoms with E-state index >= 15 is 0 Å². The van der Waals surface area contributed by atoms with E-state index in [0.29, 0.717) is 17.9 Å². The number of amides is 1. The van der Waals surface area contributed by atoms with Gasteiger partial charge in [-0.15, -0.1) is 0 Å². The van der Waals surface area contributed by atoms with Crippen molar-refractivity contribution in [1.82, 2.24) is 4.90 Å². The highest BCUT2D eigenvalue weighted by atomic mass is 79.9. The van der Waals surface area contributed by atoms with Gasteiger partial charge in [0.05, 0.1) is 0 Å². The Labute approximate surface area is 102 Å². The third-order valence-electron chi connectivity index (χ3n) is 3.51. The zero-order chi connectivity index (χ0) is 11.4. The second kappa shape index (κ2) is 5.88. The van der Waals surface area contributed by atoms with E-state index in [9.17, 15) is 4.79 Å². The van der Waals surface area contributed by atoms with Crippen LogP contribution in [0.3, 0.4) is 0 Å². The summed E-state index contributed by atoms with van der Waals surface area (Å²) in [5.41, 5.74) is 0. The molecule has 1 aliphatic rings. The van der Waals surface area contributed by atoms with Crippen molar-refractivity contribution in [3.63, 3.8) is 0 Å². The van der Waals surface area contributed by atoms with Crippen molar-refractivity contribution in [2.24, 2.45) is 11.8 Å². The van der Waals surface area contributed by atoms with Gasteiger partial charge in [0.1, 0.15) is 0 Å². The van der Waals surface area contributed by atoms with E-state index in [-0.39, 0.29) is 5.92 Å². The lowest BCUT2D eigenvalue weighted by Crippen LogP contribution is -2.48. The fraction of sp³-hybridized carbons (Fsp3) is 0.917. The van der Waals surface area contributed by atoms with Crippen molar-refractivity contribution in [1.29, 1.82) is 0 Å². The molecular weight excluding hydrogens is 254 g/mol. The van der Waals surface area contributed by atoms with Crippen molar-refractivity contribution in [3.8, 4) is 0 Å². The molecule has 1 unspecified atom stereocenters. The lowest BCUT2D eigenvalue weighted by atomic mass is 9.89. The minimum atomic E-state index is 0.157. The van der Waals surface area contributed by atoms with E-state index in [1.165, 1.54) is 19.3 Å². The Morgan fingerprint density at radius 1 is 1.40 bits per heavy atom. The Balaban J connectivity index is 2.57. The van der Waals surface area contributed by atoms with Crippen LogP contribution in [0.1, 0.15) is 40.0 Å². The molecule has 0 bridgehead atoms. The van der Waals surface area contributed by atoms with Crippen LogP contribution in [0.4, 0.5) is 0 Å². The maximum Gasteiger partial charge on any atom is 0.225 e. The van der Waals surface area contributed by atoms with Crippen molar-refractivity contribution in [2.75, 3.05) is 11.9 Å². The standard InChI is InChI=1S/C12H22BrNO/c1-9(2)10(3)12(15)14(8-7-13)11-5-4-6-11/h9-11H,4-8H2,1-3H3. The fourth-order valence-corrected chi connectivity index (χ4v) is 2.19. The minimum Gasteiger partial charge on any atom is -0.339 e. The molecule has 1 fully saturated rings. The third-order valence-corrected chi connectivity index (χ3v) is 3.87. The van der Waals surface area contributed by atoms with Gasteiger partial charge in [-0.05, 0) is 25.2 Å². The maximum atomic E-state index is 12.2. The van der Waals surface area contributed by atoms with Gasteiger partial charge in [0.25, 0.3) is 0 Å². The summed E-state index contributed by atoms with van der Waals surface area (Å²) < 4.78 is 0. The van der Waals surface area contributed by atoms with Crippen LogP contribution in [0, 0.1) is 11.8 Å². The quantitative estimate of drug-likeness (QED) is 0.707. The van der Waals surface area contributed by atoms with E-state index in [1.54, 1.807) is 0 Å². The number of carbonyl (C=O) groups is 1. The molecule has 0 aromatic rings. The summed E-state index contributed by atoms with van der Waals surface area (Å²) in [6.07, 6.45) is 3.68. The topological polar surface area (TPSA) is 20.3 Å². The molecular formula is C12H22BrNO. The SMILES string of the molecule is CC(C)C(C)C(=O)N(CCBr)C1CCC1. The molecule has 0 aliphatic heterocycles. The van der Waals surface area contributed by atoms with Crippen molar-refractivity contribution >= 4 is 21.8 Å². The predicted molar refractivity (Wildman–Crippen MR) is 67.1 cm³/mol. The molecule has 1 rings (SSSR count). The van der Waals surface area contributed by atoms with E-state index in [0.717, 1.165) is 11.9 Å². The molecule has 0 saturated heterocycles. The van der Waals surface area contributed by atoms with Crippen LogP contribution in [0.25, 0.3) is 0 Å². The monoisotopic (exact) mass is 275 g/mol. The first-order chi connectivity index (χ1) is 7.07. The van der Waals surface area contributed by atoms with Gasteiger partial charge in [-0.2, -0.15) is 0 Å². The van der Waals surface area contributed by atoms with E-state index in [1.807, 2.05) is 6.92 Å². The van der Waals surface area contributed by atoms with E-state index in [2.05, 4.69) is 34.7 Å². The Morgan fingerprint density at radius 3 is 2.33 bits per heavy atom. The second-order valence-electron chi connectivity index (χ2n) is 4.84. The van der Waals surface area contributed by atoms with Gasteiger partial charge in [-0.3, -0.25) is 4.79 Å². The Kier molecular flexibility index (Phi) is 5.10. The maximum absolute atomic E-state index is 12.2. The third kappa shape index (κ3) is 3.20. The summed E-state index contributed by atoms with van der Waals surface area (Å²) in [6, 6.07) is 0.524. The molecule has 2 nitrogen and oxygen atoms in total. The summed E-state index contributed by atoms with van der Waals surface area (Å²) in [7, 11) is 0. The predicted octanol–water partition coefficient (Wildman–Crippen LogP) is 3.05. The summed E-state index contributed by atoms with van der Waals surface area (Å²) in [4.78, 5) is 14.3. The minimum absolute atomic E-state index is 0.157. The van der Waals surface area contributed by atoms with Gasteiger partial charge < -0.3 is 4.90 Å². The van der Waals surface area contributed by atoms with E-state index < -0.39 is 0 Å². The normalized spacial score (nSPS) is 18.7. The molecule has 0 spiro atoms. The van der Waals surface area contributed by atoms with Gasteiger partial charge in [0.2, 0.25) is 5.91 Å². The zero-order valence-corrected chi connectivity index (χ0v) is 11.6. The molecule has 88 valence electrons. The van der Waals surface area contributed by atoms with Crippen LogP contribution in [-0.4, -0.2) is 28.7 Å². The molecule has 1 aliphatic carbocycles. The number of nitrogens with zero attached hydrogens (tertiary/aromatic N) is 1. The first-order valence-corrected chi connectivity index (χ1v) is 7.06. The van der Waals surface area contributed by atoms with Gasteiger partial charge in [-0.25, -0.2) is 0 Å². The summed E-state index contributed by atoms with van der Waals surface area (Å²) in [5, 5.41) is 0.889. The number of hydrogen-bond acceptors (Lipinski definition) is 1. The molecule has 3 heteroatoms. The lowest BCUT2D eigenvalue weighted by Gasteiger charge is -2.39. The summed E-state index contributed by atoms with van der Waals surface area (Å²) in [6.45, 7) is 7.15. The largest absolute Gasteiger partial charge is 0.339 e. The number of halogens is 1. The molecule has 0 radical (unpaired) electrons. The number of hydrogen-bond donors (Lipinski definition) is 0. The Morgan fingerprint density at radius 2 is 2.00 bits per heavy atom. The van der Waals surface area contributed by atoms with Crippen molar-refractivity contribution in [2.45, 2.75) is 46.1 Å². The van der Waals surface area contributed by atoms with Crippen LogP contribution in [0.2, 0.25) is 0 Å². The molecule has 0 aromatic carbocycles. The highest BCUT2D eigenvalue weighted by Crippen LogP contribution is 2.27. The van der Waals surface area contributed by atoms with Gasteiger partial charge >= 0.3 is 0 Å². The van der Waals surface area contributed by atoms with Gasteiger partial charge in [0, 0.05) is 23.8 Å². The molecule has 0 aromatic heterocycles. The zero-order valence-electron chi connectivity index (χ0n) is 10.0. The van der Waals surface area contributed by atoms with Gasteiger partial charge in [0.15, 0.2) is 0 Å². The highest BCUT2D eigenvalue weighted by Gasteiger charge is 2.31. The molecule has 0 heterocycles.